The SMILES string of the molecule is CCOC(=O)NC(=O)COC(=O)c1cc(C)ccc1OC. The van der Waals surface area contributed by atoms with E-state index in [0.717, 1.165) is 5.56 Å². The molecule has 1 rings (SSSR count). The number of ether oxygens (including phenoxy) is 3. The van der Waals surface area contributed by atoms with Gasteiger partial charge >= 0.3 is 12.1 Å². The Bertz CT molecular complexity index is 540. The second-order valence-corrected chi connectivity index (χ2v) is 4.05. The van der Waals surface area contributed by atoms with Gasteiger partial charge < -0.3 is 14.2 Å². The molecule has 1 aromatic rings. The molecule has 0 bridgehead atoms. The van der Waals surface area contributed by atoms with Crippen LogP contribution >= 0.6 is 0 Å². The molecule has 0 unspecified atom stereocenters. The van der Waals surface area contributed by atoms with Crippen molar-refractivity contribution in [1.29, 1.82) is 0 Å². The molecule has 0 aliphatic rings. The Morgan fingerprint density at radius 1 is 1.19 bits per heavy atom. The quantitative estimate of drug-likeness (QED) is 0.826. The van der Waals surface area contributed by atoms with Gasteiger partial charge in [-0.3, -0.25) is 10.1 Å². The molecule has 0 heterocycles. The van der Waals surface area contributed by atoms with Crippen molar-refractivity contribution in [2.45, 2.75) is 13.8 Å². The van der Waals surface area contributed by atoms with Crippen LogP contribution in [-0.2, 0) is 14.3 Å². The van der Waals surface area contributed by atoms with Gasteiger partial charge in [-0.2, -0.15) is 0 Å². The molecule has 7 nitrogen and oxygen atoms in total. The maximum Gasteiger partial charge on any atom is 0.413 e. The predicted molar refractivity (Wildman–Crippen MR) is 73.2 cm³/mol. The number of esters is 1. The highest BCUT2D eigenvalue weighted by atomic mass is 16.6. The van der Waals surface area contributed by atoms with Crippen LogP contribution in [0.3, 0.4) is 0 Å². The maximum absolute atomic E-state index is 11.9. The molecule has 0 aliphatic heterocycles. The van der Waals surface area contributed by atoms with Crippen molar-refractivity contribution in [3.63, 3.8) is 0 Å². The Morgan fingerprint density at radius 3 is 2.52 bits per heavy atom. The van der Waals surface area contributed by atoms with Crippen molar-refractivity contribution in [3.8, 4) is 5.75 Å². The second kappa shape index (κ2) is 7.88. The summed E-state index contributed by atoms with van der Waals surface area (Å²) in [5.41, 5.74) is 1.06. The number of carbonyl (C=O) groups is 3. The number of hydrogen-bond donors (Lipinski definition) is 1. The maximum atomic E-state index is 11.9. The van der Waals surface area contributed by atoms with Crippen molar-refractivity contribution in [2.24, 2.45) is 0 Å². The Morgan fingerprint density at radius 2 is 1.90 bits per heavy atom. The Hall–Kier alpha value is -2.57. The van der Waals surface area contributed by atoms with Gasteiger partial charge in [0.1, 0.15) is 11.3 Å². The summed E-state index contributed by atoms with van der Waals surface area (Å²) in [4.78, 5) is 34.3. The van der Waals surface area contributed by atoms with E-state index in [1.165, 1.54) is 7.11 Å². The average Bonchev–Trinajstić information content (AvgIpc) is 2.44. The molecule has 0 atom stereocenters. The largest absolute Gasteiger partial charge is 0.496 e. The molecule has 0 radical (unpaired) electrons. The third-order valence-electron chi connectivity index (χ3n) is 2.43. The van der Waals surface area contributed by atoms with Crippen molar-refractivity contribution in [1.82, 2.24) is 5.32 Å². The highest BCUT2D eigenvalue weighted by Gasteiger charge is 2.16. The predicted octanol–water partition coefficient (Wildman–Crippen LogP) is 1.43. The summed E-state index contributed by atoms with van der Waals surface area (Å²) >= 11 is 0. The number of hydrogen-bond acceptors (Lipinski definition) is 6. The molecule has 114 valence electrons. The molecule has 7 heteroatoms. The number of alkyl carbamates (subject to hydrolysis) is 1. The lowest BCUT2D eigenvalue weighted by molar-refractivity contribution is -0.123. The third kappa shape index (κ3) is 5.13. The number of benzene rings is 1. The van der Waals surface area contributed by atoms with Gasteiger partial charge in [-0.05, 0) is 26.0 Å². The van der Waals surface area contributed by atoms with Gasteiger partial charge in [0, 0.05) is 0 Å². The molecule has 2 amide bonds. The molecule has 1 N–H and O–H groups in total. The summed E-state index contributed by atoms with van der Waals surface area (Å²) in [6.07, 6.45) is -0.883. The summed E-state index contributed by atoms with van der Waals surface area (Å²) < 4.78 is 14.4. The van der Waals surface area contributed by atoms with E-state index in [9.17, 15) is 14.4 Å². The van der Waals surface area contributed by atoms with E-state index in [0.29, 0.717) is 5.75 Å². The molecule has 21 heavy (non-hydrogen) atoms. The van der Waals surface area contributed by atoms with Crippen LogP contribution < -0.4 is 10.1 Å². The first-order valence-electron chi connectivity index (χ1n) is 6.26. The number of carbonyl (C=O) groups excluding carboxylic acids is 3. The van der Waals surface area contributed by atoms with Crippen molar-refractivity contribution < 1.29 is 28.6 Å². The number of methoxy groups -OCH3 is 1. The Kier molecular flexibility index (Phi) is 6.19. The lowest BCUT2D eigenvalue weighted by Crippen LogP contribution is -2.34. The van der Waals surface area contributed by atoms with Crippen LogP contribution in [-0.4, -0.2) is 38.3 Å². The standard InChI is InChI=1S/C14H17NO6/c1-4-20-14(18)15-12(16)8-21-13(17)10-7-9(2)5-6-11(10)19-3/h5-7H,4,8H2,1-3H3,(H,15,16,18). The van der Waals surface area contributed by atoms with Crippen LogP contribution in [0.2, 0.25) is 0 Å². The topological polar surface area (TPSA) is 90.9 Å². The van der Waals surface area contributed by atoms with Gasteiger partial charge in [0.15, 0.2) is 6.61 Å². The van der Waals surface area contributed by atoms with E-state index < -0.39 is 24.6 Å². The van der Waals surface area contributed by atoms with Crippen LogP contribution in [0.4, 0.5) is 4.79 Å². The first kappa shape index (κ1) is 16.5. The zero-order valence-corrected chi connectivity index (χ0v) is 12.1. The fourth-order valence-corrected chi connectivity index (χ4v) is 1.51. The summed E-state index contributed by atoms with van der Waals surface area (Å²) in [7, 11) is 1.43. The van der Waals surface area contributed by atoms with Gasteiger partial charge in [0.2, 0.25) is 0 Å². The minimum Gasteiger partial charge on any atom is -0.496 e. The van der Waals surface area contributed by atoms with Gasteiger partial charge in [-0.1, -0.05) is 11.6 Å². The number of rotatable bonds is 5. The Balaban J connectivity index is 2.60. The van der Waals surface area contributed by atoms with E-state index in [-0.39, 0.29) is 12.2 Å². The lowest BCUT2D eigenvalue weighted by atomic mass is 10.1. The van der Waals surface area contributed by atoms with Crippen LogP contribution in [0.15, 0.2) is 18.2 Å². The molecule has 0 aliphatic carbocycles. The van der Waals surface area contributed by atoms with E-state index in [1.54, 1.807) is 25.1 Å². The molecule has 1 aromatic carbocycles. The van der Waals surface area contributed by atoms with Gasteiger partial charge in [-0.25, -0.2) is 9.59 Å². The average molecular weight is 295 g/mol. The van der Waals surface area contributed by atoms with E-state index in [1.807, 2.05) is 12.2 Å². The molecule has 0 fully saturated rings. The molecular weight excluding hydrogens is 278 g/mol. The molecular formula is C14H17NO6. The molecule has 0 saturated carbocycles. The fraction of sp³-hybridized carbons (Fsp3) is 0.357. The van der Waals surface area contributed by atoms with Gasteiger partial charge in [0.25, 0.3) is 5.91 Å². The first-order valence-corrected chi connectivity index (χ1v) is 6.26. The molecule has 0 aromatic heterocycles. The highest BCUT2D eigenvalue weighted by Crippen LogP contribution is 2.20. The van der Waals surface area contributed by atoms with E-state index in [4.69, 9.17) is 9.47 Å². The van der Waals surface area contributed by atoms with E-state index >= 15 is 0 Å². The van der Waals surface area contributed by atoms with Gasteiger partial charge in [0.05, 0.1) is 13.7 Å². The number of aryl methyl sites for hydroxylation is 1. The number of nitrogens with one attached hydrogen (secondary N) is 1. The van der Waals surface area contributed by atoms with Crippen molar-refractivity contribution >= 4 is 18.0 Å². The van der Waals surface area contributed by atoms with Crippen LogP contribution in [0.25, 0.3) is 0 Å². The summed E-state index contributed by atoms with van der Waals surface area (Å²) in [6, 6.07) is 5.00. The van der Waals surface area contributed by atoms with Crippen LogP contribution in [0, 0.1) is 6.92 Å². The Labute approximate surface area is 122 Å². The summed E-state index contributed by atoms with van der Waals surface area (Å²) in [6.45, 7) is 2.96. The zero-order valence-electron chi connectivity index (χ0n) is 12.1. The summed E-state index contributed by atoms with van der Waals surface area (Å²) in [5.74, 6) is -1.14. The monoisotopic (exact) mass is 295 g/mol. The van der Waals surface area contributed by atoms with Crippen molar-refractivity contribution in [3.05, 3.63) is 29.3 Å². The third-order valence-corrected chi connectivity index (χ3v) is 2.43. The van der Waals surface area contributed by atoms with Gasteiger partial charge in [-0.15, -0.1) is 0 Å². The first-order chi connectivity index (χ1) is 9.97. The second-order valence-electron chi connectivity index (χ2n) is 4.05. The molecule has 0 saturated heterocycles. The van der Waals surface area contributed by atoms with Crippen LogP contribution in [0.5, 0.6) is 5.75 Å². The number of amides is 2. The smallest absolute Gasteiger partial charge is 0.413 e. The number of imide groups is 1. The molecule has 0 spiro atoms. The van der Waals surface area contributed by atoms with Crippen molar-refractivity contribution in [2.75, 3.05) is 20.3 Å². The lowest BCUT2D eigenvalue weighted by Gasteiger charge is -2.09. The zero-order chi connectivity index (χ0) is 15.8. The minimum absolute atomic E-state index is 0.138. The van der Waals surface area contributed by atoms with E-state index in [2.05, 4.69) is 4.74 Å². The van der Waals surface area contributed by atoms with Crippen LogP contribution in [0.1, 0.15) is 22.8 Å². The minimum atomic E-state index is -0.883. The fourth-order valence-electron chi connectivity index (χ4n) is 1.51. The summed E-state index contributed by atoms with van der Waals surface area (Å²) in [5, 5.41) is 1.92. The highest BCUT2D eigenvalue weighted by molar-refractivity contribution is 5.96. The normalized spacial score (nSPS) is 9.67.